The lowest BCUT2D eigenvalue weighted by Crippen LogP contribution is -2.44. The van der Waals surface area contributed by atoms with Crippen LogP contribution in [-0.4, -0.2) is 49.8 Å². The van der Waals surface area contributed by atoms with Crippen molar-refractivity contribution in [2.75, 3.05) is 13.1 Å². The number of hydrogen-bond donors (Lipinski definition) is 1. The minimum Gasteiger partial charge on any atom is -0.369 e. The number of piperidine rings is 1. The Balaban J connectivity index is 1.51. The Morgan fingerprint density at radius 3 is 2.55 bits per heavy atom. The van der Waals surface area contributed by atoms with E-state index in [0.29, 0.717) is 32.5 Å². The highest BCUT2D eigenvalue weighted by atomic mass is 32.2. The molecule has 4 rings (SSSR count). The zero-order chi connectivity index (χ0) is 21.8. The molecule has 1 fully saturated rings. The molecule has 0 saturated carbocycles. The largest absolute Gasteiger partial charge is 0.369 e. The average molecular weight is 456 g/mol. The third kappa shape index (κ3) is 4.99. The van der Waals surface area contributed by atoms with Crippen LogP contribution in [0.25, 0.3) is 10.7 Å². The number of likely N-dealkylation sites (tertiary alicyclic amines) is 1. The van der Waals surface area contributed by atoms with E-state index in [1.54, 1.807) is 11.3 Å². The van der Waals surface area contributed by atoms with Crippen molar-refractivity contribution in [3.63, 3.8) is 0 Å². The molecule has 3 aromatic rings. The first-order chi connectivity index (χ1) is 15.0. The maximum Gasteiger partial charge on any atom is 0.235 e. The lowest BCUT2D eigenvalue weighted by atomic mass is 9.96. The number of nitrogens with two attached hydrogens (primary N) is 1. The molecule has 0 bridgehead atoms. The minimum absolute atomic E-state index is 0.0554. The number of carbonyl (C=O) groups is 2. The molecule has 0 spiro atoms. The predicted molar refractivity (Wildman–Crippen MR) is 123 cm³/mol. The lowest BCUT2D eigenvalue weighted by molar-refractivity contribution is -0.134. The van der Waals surface area contributed by atoms with E-state index in [2.05, 4.69) is 26.9 Å². The van der Waals surface area contributed by atoms with E-state index in [1.807, 2.05) is 47.5 Å². The molecule has 1 aliphatic rings. The maximum atomic E-state index is 13.0. The van der Waals surface area contributed by atoms with Crippen LogP contribution >= 0.6 is 23.1 Å². The van der Waals surface area contributed by atoms with Gasteiger partial charge in [-0.2, -0.15) is 0 Å². The summed E-state index contributed by atoms with van der Waals surface area (Å²) in [6.07, 6.45) is 1.26. The van der Waals surface area contributed by atoms with Crippen molar-refractivity contribution in [3.8, 4) is 10.7 Å². The molecule has 7 nitrogen and oxygen atoms in total. The Morgan fingerprint density at radius 2 is 1.90 bits per heavy atom. The molecule has 1 atom stereocenters. The van der Waals surface area contributed by atoms with Crippen molar-refractivity contribution in [2.24, 2.45) is 11.7 Å². The van der Waals surface area contributed by atoms with Gasteiger partial charge in [0.25, 0.3) is 0 Å². The van der Waals surface area contributed by atoms with Gasteiger partial charge in [-0.15, -0.1) is 21.5 Å². The van der Waals surface area contributed by atoms with Crippen LogP contribution in [0, 0.1) is 5.92 Å². The van der Waals surface area contributed by atoms with Crippen LogP contribution in [-0.2, 0) is 16.1 Å². The SMILES string of the molecule is CC(Sc1nnc(-c2cccs2)n1Cc1ccccc1)C(=O)N1CCC(C(N)=O)CC1. The highest BCUT2D eigenvalue weighted by Gasteiger charge is 2.30. The number of carbonyl (C=O) groups excluding carboxylic acids is 2. The van der Waals surface area contributed by atoms with Crippen LogP contribution in [0.5, 0.6) is 0 Å². The lowest BCUT2D eigenvalue weighted by Gasteiger charge is -2.32. The monoisotopic (exact) mass is 455 g/mol. The van der Waals surface area contributed by atoms with Gasteiger partial charge in [0.15, 0.2) is 11.0 Å². The van der Waals surface area contributed by atoms with E-state index in [9.17, 15) is 9.59 Å². The fraction of sp³-hybridized carbons (Fsp3) is 0.364. The standard InChI is InChI=1S/C22H25N5O2S2/c1-15(21(29)26-11-9-17(10-12-26)19(23)28)31-22-25-24-20(18-8-5-13-30-18)27(22)14-16-6-3-2-4-7-16/h2-8,13,15,17H,9-12,14H2,1H3,(H2,23,28). The zero-order valence-electron chi connectivity index (χ0n) is 17.3. The van der Waals surface area contributed by atoms with Gasteiger partial charge in [0, 0.05) is 19.0 Å². The number of aromatic nitrogens is 3. The maximum absolute atomic E-state index is 13.0. The highest BCUT2D eigenvalue weighted by molar-refractivity contribution is 8.00. The Hall–Kier alpha value is -2.65. The van der Waals surface area contributed by atoms with Crippen molar-refractivity contribution in [2.45, 2.75) is 36.7 Å². The molecule has 1 saturated heterocycles. The molecule has 1 aromatic carbocycles. The Kier molecular flexibility index (Phi) is 6.72. The smallest absolute Gasteiger partial charge is 0.235 e. The number of thiophene rings is 1. The summed E-state index contributed by atoms with van der Waals surface area (Å²) in [6, 6.07) is 14.2. The number of rotatable bonds is 7. The second-order valence-corrected chi connectivity index (χ2v) is 9.87. The quantitative estimate of drug-likeness (QED) is 0.552. The third-order valence-corrected chi connectivity index (χ3v) is 7.41. The molecular formula is C22H25N5O2S2. The summed E-state index contributed by atoms with van der Waals surface area (Å²) in [5, 5.41) is 11.3. The highest BCUT2D eigenvalue weighted by Crippen LogP contribution is 2.31. The van der Waals surface area contributed by atoms with Gasteiger partial charge >= 0.3 is 0 Å². The van der Waals surface area contributed by atoms with Crippen molar-refractivity contribution in [1.29, 1.82) is 0 Å². The Morgan fingerprint density at radius 1 is 1.16 bits per heavy atom. The second kappa shape index (κ2) is 9.65. The number of hydrogen-bond acceptors (Lipinski definition) is 6. The van der Waals surface area contributed by atoms with Crippen LogP contribution in [0.3, 0.4) is 0 Å². The number of amides is 2. The average Bonchev–Trinajstić information content (AvgIpc) is 3.44. The molecular weight excluding hydrogens is 430 g/mol. The van der Waals surface area contributed by atoms with E-state index in [4.69, 9.17) is 5.73 Å². The van der Waals surface area contributed by atoms with Crippen molar-refractivity contribution in [3.05, 3.63) is 53.4 Å². The molecule has 0 radical (unpaired) electrons. The molecule has 1 aliphatic heterocycles. The van der Waals surface area contributed by atoms with Gasteiger partial charge in [0.1, 0.15) is 0 Å². The summed E-state index contributed by atoms with van der Waals surface area (Å²) in [5.74, 6) is 0.460. The summed E-state index contributed by atoms with van der Waals surface area (Å²) in [7, 11) is 0. The molecule has 31 heavy (non-hydrogen) atoms. The van der Waals surface area contributed by atoms with Gasteiger partial charge in [-0.1, -0.05) is 48.2 Å². The summed E-state index contributed by atoms with van der Waals surface area (Å²) >= 11 is 3.05. The van der Waals surface area contributed by atoms with Gasteiger partial charge in [-0.05, 0) is 36.8 Å². The van der Waals surface area contributed by atoms with E-state index in [-0.39, 0.29) is 23.0 Å². The fourth-order valence-electron chi connectivity index (χ4n) is 3.72. The van der Waals surface area contributed by atoms with Crippen molar-refractivity contribution in [1.82, 2.24) is 19.7 Å². The number of nitrogens with zero attached hydrogens (tertiary/aromatic N) is 4. The number of thioether (sulfide) groups is 1. The zero-order valence-corrected chi connectivity index (χ0v) is 18.9. The van der Waals surface area contributed by atoms with Crippen molar-refractivity contribution < 1.29 is 9.59 Å². The predicted octanol–water partition coefficient (Wildman–Crippen LogP) is 3.26. The first-order valence-electron chi connectivity index (χ1n) is 10.3. The molecule has 2 amide bonds. The second-order valence-electron chi connectivity index (χ2n) is 7.62. The fourth-order valence-corrected chi connectivity index (χ4v) is 5.37. The molecule has 2 aromatic heterocycles. The van der Waals surface area contributed by atoms with Crippen LogP contribution < -0.4 is 5.73 Å². The first kappa shape index (κ1) is 21.6. The van der Waals surface area contributed by atoms with E-state index in [0.717, 1.165) is 21.4 Å². The van der Waals surface area contributed by atoms with Gasteiger partial charge < -0.3 is 10.6 Å². The molecule has 2 N–H and O–H groups in total. The molecule has 0 aliphatic carbocycles. The molecule has 9 heteroatoms. The Bertz CT molecular complexity index is 1030. The van der Waals surface area contributed by atoms with Crippen LogP contribution in [0.4, 0.5) is 0 Å². The van der Waals surface area contributed by atoms with Crippen molar-refractivity contribution >= 4 is 34.9 Å². The van der Waals surface area contributed by atoms with Gasteiger partial charge in [0.05, 0.1) is 16.7 Å². The Labute approximate surface area is 189 Å². The van der Waals surface area contributed by atoms with Crippen LogP contribution in [0.15, 0.2) is 53.0 Å². The molecule has 3 heterocycles. The van der Waals surface area contributed by atoms with E-state index in [1.165, 1.54) is 11.8 Å². The van der Waals surface area contributed by atoms with Gasteiger partial charge in [-0.3, -0.25) is 14.2 Å². The molecule has 1 unspecified atom stereocenters. The van der Waals surface area contributed by atoms with E-state index < -0.39 is 0 Å². The summed E-state index contributed by atoms with van der Waals surface area (Å²) in [5.41, 5.74) is 6.56. The first-order valence-corrected chi connectivity index (χ1v) is 12.0. The number of primary amides is 1. The van der Waals surface area contributed by atoms with Gasteiger partial charge in [0.2, 0.25) is 11.8 Å². The molecule has 162 valence electrons. The summed E-state index contributed by atoms with van der Waals surface area (Å²) in [4.78, 5) is 27.3. The number of benzene rings is 1. The van der Waals surface area contributed by atoms with Gasteiger partial charge in [-0.25, -0.2) is 0 Å². The summed E-state index contributed by atoms with van der Waals surface area (Å²) in [6.45, 7) is 3.66. The third-order valence-electron chi connectivity index (χ3n) is 5.48. The topological polar surface area (TPSA) is 94.1 Å². The minimum atomic E-state index is -0.306. The van der Waals surface area contributed by atoms with Crippen LogP contribution in [0.2, 0.25) is 0 Å². The normalized spacial score (nSPS) is 15.7. The van der Waals surface area contributed by atoms with E-state index >= 15 is 0 Å². The summed E-state index contributed by atoms with van der Waals surface area (Å²) < 4.78 is 2.08. The van der Waals surface area contributed by atoms with Crippen LogP contribution in [0.1, 0.15) is 25.3 Å².